The number of amides is 3. The quantitative estimate of drug-likeness (QED) is 0.738. The molecule has 1 fully saturated rings. The molecule has 3 rings (SSSR count). The Balaban J connectivity index is 1.41. The highest BCUT2D eigenvalue weighted by molar-refractivity contribution is 6.03. The van der Waals surface area contributed by atoms with Crippen LogP contribution in [-0.4, -0.2) is 61.8 Å². The lowest BCUT2D eigenvalue weighted by Gasteiger charge is -2.31. The van der Waals surface area contributed by atoms with Crippen molar-refractivity contribution in [3.05, 3.63) is 18.2 Å². The number of ether oxygens (including phenoxy) is 3. The summed E-state index contributed by atoms with van der Waals surface area (Å²) in [6, 6.07) is 5.05. The van der Waals surface area contributed by atoms with Crippen LogP contribution >= 0.6 is 0 Å². The van der Waals surface area contributed by atoms with Gasteiger partial charge in [-0.3, -0.25) is 9.59 Å². The molecule has 1 saturated heterocycles. The van der Waals surface area contributed by atoms with E-state index in [1.807, 2.05) is 0 Å². The summed E-state index contributed by atoms with van der Waals surface area (Å²) in [6.45, 7) is 4.11. The first kappa shape index (κ1) is 19.8. The molecule has 0 spiro atoms. The van der Waals surface area contributed by atoms with Gasteiger partial charge in [0.05, 0.1) is 6.61 Å². The maximum atomic E-state index is 12.1. The number of carbonyl (C=O) groups excluding carboxylic acids is 3. The second kappa shape index (κ2) is 9.29. The molecule has 2 aliphatic rings. The fraction of sp³-hybridized carbons (Fsp3) is 0.526. The third-order valence-corrected chi connectivity index (χ3v) is 4.53. The van der Waals surface area contributed by atoms with Crippen molar-refractivity contribution < 1.29 is 28.6 Å². The SMILES string of the molecule is CCOC(=O)N1CCC(NC(=O)CC(=O)Nc2ccc3c(c2)OCCO3)CC1. The van der Waals surface area contributed by atoms with E-state index < -0.39 is 5.91 Å². The van der Waals surface area contributed by atoms with E-state index in [4.69, 9.17) is 14.2 Å². The van der Waals surface area contributed by atoms with Crippen LogP contribution < -0.4 is 20.1 Å². The molecule has 0 unspecified atom stereocenters. The van der Waals surface area contributed by atoms with Crippen LogP contribution in [-0.2, 0) is 14.3 Å². The molecular weight excluding hydrogens is 366 g/mol. The monoisotopic (exact) mass is 391 g/mol. The molecule has 0 saturated carbocycles. The van der Waals surface area contributed by atoms with Crippen molar-refractivity contribution in [2.24, 2.45) is 0 Å². The van der Waals surface area contributed by atoms with Gasteiger partial charge in [0.1, 0.15) is 19.6 Å². The lowest BCUT2D eigenvalue weighted by molar-refractivity contribution is -0.127. The number of nitrogens with zero attached hydrogens (tertiary/aromatic N) is 1. The molecule has 0 bridgehead atoms. The molecule has 2 heterocycles. The van der Waals surface area contributed by atoms with Gasteiger partial charge in [-0.25, -0.2) is 4.79 Å². The summed E-state index contributed by atoms with van der Waals surface area (Å²) in [5.74, 6) is 0.459. The van der Waals surface area contributed by atoms with Gasteiger partial charge >= 0.3 is 6.09 Å². The summed E-state index contributed by atoms with van der Waals surface area (Å²) in [6.07, 6.45) is 0.668. The zero-order chi connectivity index (χ0) is 19.9. The number of piperidine rings is 1. The van der Waals surface area contributed by atoms with Crippen LogP contribution in [0.5, 0.6) is 11.5 Å². The number of anilines is 1. The van der Waals surface area contributed by atoms with Crippen molar-refractivity contribution in [3.8, 4) is 11.5 Å². The Hall–Kier alpha value is -2.97. The summed E-state index contributed by atoms with van der Waals surface area (Å²) in [5.41, 5.74) is 0.546. The predicted octanol–water partition coefficient (Wildman–Crippen LogP) is 1.52. The van der Waals surface area contributed by atoms with Crippen molar-refractivity contribution in [2.75, 3.05) is 38.2 Å². The number of rotatable bonds is 5. The molecule has 0 radical (unpaired) electrons. The molecular formula is C19H25N3O6. The molecule has 3 amide bonds. The summed E-state index contributed by atoms with van der Waals surface area (Å²) in [5, 5.41) is 5.55. The lowest BCUT2D eigenvalue weighted by atomic mass is 10.1. The van der Waals surface area contributed by atoms with Gasteiger partial charge < -0.3 is 29.7 Å². The molecule has 9 heteroatoms. The van der Waals surface area contributed by atoms with E-state index in [2.05, 4.69) is 10.6 Å². The van der Waals surface area contributed by atoms with Gasteiger partial charge in [-0.1, -0.05) is 0 Å². The number of fused-ring (bicyclic) bond motifs is 1. The molecule has 152 valence electrons. The highest BCUT2D eigenvalue weighted by Gasteiger charge is 2.25. The van der Waals surface area contributed by atoms with Gasteiger partial charge in [-0.05, 0) is 31.9 Å². The van der Waals surface area contributed by atoms with Gasteiger partial charge in [-0.2, -0.15) is 0 Å². The number of nitrogens with one attached hydrogen (secondary N) is 2. The van der Waals surface area contributed by atoms with Crippen LogP contribution in [0.25, 0.3) is 0 Å². The lowest BCUT2D eigenvalue weighted by Crippen LogP contribution is -2.47. The first-order valence-electron chi connectivity index (χ1n) is 9.45. The normalized spacial score (nSPS) is 16.2. The number of benzene rings is 1. The molecule has 2 aliphatic heterocycles. The second-order valence-electron chi connectivity index (χ2n) is 6.61. The summed E-state index contributed by atoms with van der Waals surface area (Å²) < 4.78 is 15.9. The van der Waals surface area contributed by atoms with Crippen LogP contribution in [0.1, 0.15) is 26.2 Å². The van der Waals surface area contributed by atoms with Crippen molar-refractivity contribution >= 4 is 23.6 Å². The van der Waals surface area contributed by atoms with E-state index in [9.17, 15) is 14.4 Å². The van der Waals surface area contributed by atoms with Gasteiger partial charge in [0.2, 0.25) is 11.8 Å². The average molecular weight is 391 g/mol. The minimum atomic E-state index is -0.405. The second-order valence-corrected chi connectivity index (χ2v) is 6.61. The first-order valence-corrected chi connectivity index (χ1v) is 9.45. The fourth-order valence-corrected chi connectivity index (χ4v) is 3.17. The van der Waals surface area contributed by atoms with E-state index in [1.54, 1.807) is 30.0 Å². The molecule has 2 N–H and O–H groups in total. The molecule has 1 aromatic rings. The molecule has 0 aromatic heterocycles. The van der Waals surface area contributed by atoms with Crippen LogP contribution in [0.15, 0.2) is 18.2 Å². The van der Waals surface area contributed by atoms with Crippen molar-refractivity contribution in [1.29, 1.82) is 0 Å². The third-order valence-electron chi connectivity index (χ3n) is 4.53. The molecule has 1 aromatic carbocycles. The van der Waals surface area contributed by atoms with E-state index in [-0.39, 0.29) is 24.5 Å². The van der Waals surface area contributed by atoms with Gasteiger partial charge in [0.25, 0.3) is 0 Å². The highest BCUT2D eigenvalue weighted by Crippen LogP contribution is 2.32. The van der Waals surface area contributed by atoms with E-state index in [0.717, 1.165) is 0 Å². The minimum absolute atomic E-state index is 0.0553. The van der Waals surface area contributed by atoms with Crippen molar-refractivity contribution in [1.82, 2.24) is 10.2 Å². The first-order chi connectivity index (χ1) is 13.5. The number of hydrogen-bond donors (Lipinski definition) is 2. The predicted molar refractivity (Wildman–Crippen MR) is 100 cm³/mol. The minimum Gasteiger partial charge on any atom is -0.486 e. The van der Waals surface area contributed by atoms with E-state index in [1.165, 1.54) is 0 Å². The van der Waals surface area contributed by atoms with Crippen LogP contribution in [0.3, 0.4) is 0 Å². The highest BCUT2D eigenvalue weighted by atomic mass is 16.6. The maximum Gasteiger partial charge on any atom is 0.409 e. The Kier molecular flexibility index (Phi) is 6.57. The summed E-state index contributed by atoms with van der Waals surface area (Å²) in [7, 11) is 0. The third kappa shape index (κ3) is 5.28. The Bertz CT molecular complexity index is 730. The summed E-state index contributed by atoms with van der Waals surface area (Å²) in [4.78, 5) is 37.6. The number of likely N-dealkylation sites (tertiary alicyclic amines) is 1. The Labute approximate surface area is 163 Å². The van der Waals surface area contributed by atoms with Crippen molar-refractivity contribution in [3.63, 3.8) is 0 Å². The van der Waals surface area contributed by atoms with Gasteiger partial charge in [0.15, 0.2) is 11.5 Å². The van der Waals surface area contributed by atoms with E-state index >= 15 is 0 Å². The smallest absolute Gasteiger partial charge is 0.409 e. The summed E-state index contributed by atoms with van der Waals surface area (Å²) >= 11 is 0. The van der Waals surface area contributed by atoms with Crippen LogP contribution in [0.4, 0.5) is 10.5 Å². The largest absolute Gasteiger partial charge is 0.486 e. The fourth-order valence-electron chi connectivity index (χ4n) is 3.17. The topological polar surface area (TPSA) is 106 Å². The Morgan fingerprint density at radius 1 is 1.11 bits per heavy atom. The molecule has 28 heavy (non-hydrogen) atoms. The average Bonchev–Trinajstić information content (AvgIpc) is 2.68. The standard InChI is InChI=1S/C19H25N3O6/c1-2-26-19(25)22-7-5-13(6-8-22)20-17(23)12-18(24)21-14-3-4-15-16(11-14)28-10-9-27-15/h3-4,11,13H,2,5-10,12H2,1H3,(H,20,23)(H,21,24). The molecule has 0 atom stereocenters. The zero-order valence-corrected chi connectivity index (χ0v) is 15.9. The number of hydrogen-bond acceptors (Lipinski definition) is 6. The van der Waals surface area contributed by atoms with Crippen LogP contribution in [0.2, 0.25) is 0 Å². The zero-order valence-electron chi connectivity index (χ0n) is 15.9. The van der Waals surface area contributed by atoms with E-state index in [0.29, 0.717) is 62.9 Å². The molecule has 0 aliphatic carbocycles. The van der Waals surface area contributed by atoms with Gasteiger partial charge in [-0.15, -0.1) is 0 Å². The maximum absolute atomic E-state index is 12.1. The Morgan fingerprint density at radius 3 is 2.54 bits per heavy atom. The number of carbonyl (C=O) groups is 3. The van der Waals surface area contributed by atoms with Gasteiger partial charge in [0, 0.05) is 30.9 Å². The van der Waals surface area contributed by atoms with Crippen LogP contribution in [0, 0.1) is 0 Å². The Morgan fingerprint density at radius 2 is 1.82 bits per heavy atom. The van der Waals surface area contributed by atoms with Crippen molar-refractivity contribution in [2.45, 2.75) is 32.2 Å². The molecule has 9 nitrogen and oxygen atoms in total.